The maximum Gasteiger partial charge on any atom is 0.410 e. The first-order valence-electron chi connectivity index (χ1n) is 11.1. The number of hydrogen-bond donors (Lipinski definition) is 0. The minimum absolute atomic E-state index is 0.0964. The van der Waals surface area contributed by atoms with E-state index >= 15 is 0 Å². The second-order valence-electron chi connectivity index (χ2n) is 8.08. The van der Waals surface area contributed by atoms with Crippen molar-refractivity contribution in [2.75, 3.05) is 40.1 Å². The van der Waals surface area contributed by atoms with Gasteiger partial charge in [-0.05, 0) is 29.2 Å². The highest BCUT2D eigenvalue weighted by Crippen LogP contribution is 2.44. The lowest BCUT2D eigenvalue weighted by Gasteiger charge is -2.29. The first kappa shape index (κ1) is 22.8. The molecule has 0 N–H and O–H groups in total. The van der Waals surface area contributed by atoms with Crippen molar-refractivity contribution in [2.24, 2.45) is 0 Å². The molecule has 4 rings (SSSR count). The van der Waals surface area contributed by atoms with Gasteiger partial charge in [0, 0.05) is 19.5 Å². The molecule has 0 unspecified atom stereocenters. The summed E-state index contributed by atoms with van der Waals surface area (Å²) >= 11 is 0. The van der Waals surface area contributed by atoms with Crippen LogP contribution >= 0.6 is 0 Å². The molecule has 1 atom stereocenters. The van der Waals surface area contributed by atoms with E-state index in [1.54, 1.807) is 6.92 Å². The summed E-state index contributed by atoms with van der Waals surface area (Å²) in [4.78, 5) is 40.8. The number of amides is 2. The molecule has 1 fully saturated rings. The van der Waals surface area contributed by atoms with Crippen LogP contribution in [0.15, 0.2) is 48.5 Å². The number of benzene rings is 2. The van der Waals surface area contributed by atoms with Gasteiger partial charge in [-0.2, -0.15) is 0 Å². The third kappa shape index (κ3) is 4.71. The molecule has 8 heteroatoms. The molecular formula is C25H28N2O6. The Kier molecular flexibility index (Phi) is 6.93. The zero-order chi connectivity index (χ0) is 23.4. The van der Waals surface area contributed by atoms with Crippen molar-refractivity contribution in [2.45, 2.75) is 25.3 Å². The molecule has 1 aliphatic heterocycles. The Morgan fingerprint density at radius 2 is 1.70 bits per heavy atom. The number of fused-ring (bicyclic) bond motifs is 3. The van der Waals surface area contributed by atoms with Crippen LogP contribution in [0.5, 0.6) is 0 Å². The van der Waals surface area contributed by atoms with Crippen LogP contribution < -0.4 is 0 Å². The van der Waals surface area contributed by atoms with Crippen molar-refractivity contribution in [1.29, 1.82) is 0 Å². The molecule has 2 amide bonds. The van der Waals surface area contributed by atoms with E-state index < -0.39 is 18.1 Å². The summed E-state index contributed by atoms with van der Waals surface area (Å²) in [7, 11) is 1.47. The van der Waals surface area contributed by atoms with Crippen LogP contribution in [0.1, 0.15) is 30.4 Å². The first-order chi connectivity index (χ1) is 16.0. The van der Waals surface area contributed by atoms with Crippen molar-refractivity contribution in [3.63, 3.8) is 0 Å². The SMILES string of the molecule is CCOC(=O)C[C@@H](C(=O)N1CCOC1)N(C)C(=O)OCC1c2ccccc2-c2ccccc21. The van der Waals surface area contributed by atoms with Gasteiger partial charge >= 0.3 is 12.1 Å². The van der Waals surface area contributed by atoms with E-state index in [0.29, 0.717) is 13.2 Å². The monoisotopic (exact) mass is 452 g/mol. The van der Waals surface area contributed by atoms with Gasteiger partial charge in [-0.15, -0.1) is 0 Å². The maximum absolute atomic E-state index is 13.0. The van der Waals surface area contributed by atoms with Crippen LogP contribution in [-0.2, 0) is 23.8 Å². The smallest absolute Gasteiger partial charge is 0.410 e. The Hall–Kier alpha value is -3.39. The van der Waals surface area contributed by atoms with Crippen molar-refractivity contribution >= 4 is 18.0 Å². The number of likely N-dealkylation sites (N-methyl/N-ethyl adjacent to an activating group) is 1. The lowest BCUT2D eigenvalue weighted by molar-refractivity contribution is -0.149. The van der Waals surface area contributed by atoms with Gasteiger partial charge in [0.25, 0.3) is 0 Å². The molecule has 2 aromatic rings. The molecule has 8 nitrogen and oxygen atoms in total. The summed E-state index contributed by atoms with van der Waals surface area (Å²) in [6.07, 6.45) is -0.913. The standard InChI is InChI=1S/C25H28N2O6/c1-3-32-23(28)14-22(24(29)27-12-13-31-16-27)26(2)25(30)33-15-21-19-10-6-4-8-17(19)18-9-5-7-11-20(18)21/h4-11,21-22H,3,12-16H2,1-2H3/t22-/m0/s1. The summed E-state index contributed by atoms with van der Waals surface area (Å²) in [5.41, 5.74) is 4.46. The van der Waals surface area contributed by atoms with E-state index in [0.717, 1.165) is 22.3 Å². The van der Waals surface area contributed by atoms with Crippen LogP contribution in [0.25, 0.3) is 11.1 Å². The minimum Gasteiger partial charge on any atom is -0.466 e. The van der Waals surface area contributed by atoms with Gasteiger partial charge in [0.1, 0.15) is 19.4 Å². The zero-order valence-electron chi connectivity index (χ0n) is 18.9. The summed E-state index contributed by atoms with van der Waals surface area (Å²) in [6.45, 7) is 2.99. The largest absolute Gasteiger partial charge is 0.466 e. The van der Waals surface area contributed by atoms with E-state index in [9.17, 15) is 14.4 Å². The number of carbonyl (C=O) groups is 3. The predicted octanol–water partition coefficient (Wildman–Crippen LogP) is 3.01. The summed E-state index contributed by atoms with van der Waals surface area (Å²) in [5.74, 6) is -1.01. The van der Waals surface area contributed by atoms with Crippen molar-refractivity contribution in [3.8, 4) is 11.1 Å². The lowest BCUT2D eigenvalue weighted by atomic mass is 9.98. The zero-order valence-corrected chi connectivity index (χ0v) is 18.9. The second kappa shape index (κ2) is 10.0. The van der Waals surface area contributed by atoms with Crippen LogP contribution in [0, 0.1) is 0 Å². The van der Waals surface area contributed by atoms with Gasteiger partial charge in [0.05, 0.1) is 19.6 Å². The number of esters is 1. The van der Waals surface area contributed by atoms with Crippen LogP contribution in [0.3, 0.4) is 0 Å². The molecule has 0 aromatic heterocycles. The fourth-order valence-corrected chi connectivity index (χ4v) is 4.39. The average Bonchev–Trinajstić information content (AvgIpc) is 3.47. The highest BCUT2D eigenvalue weighted by atomic mass is 16.6. The molecule has 2 aliphatic rings. The number of hydrogen-bond acceptors (Lipinski definition) is 6. The van der Waals surface area contributed by atoms with Gasteiger partial charge < -0.3 is 19.1 Å². The molecule has 1 aliphatic carbocycles. The van der Waals surface area contributed by atoms with E-state index in [4.69, 9.17) is 14.2 Å². The molecule has 2 aromatic carbocycles. The Bertz CT molecular complexity index is 988. The van der Waals surface area contributed by atoms with E-state index in [1.807, 2.05) is 36.4 Å². The highest BCUT2D eigenvalue weighted by Gasteiger charge is 2.36. The van der Waals surface area contributed by atoms with Gasteiger partial charge in [0.15, 0.2) is 0 Å². The van der Waals surface area contributed by atoms with Crippen molar-refractivity contribution in [1.82, 2.24) is 9.80 Å². The molecule has 0 bridgehead atoms. The summed E-state index contributed by atoms with van der Waals surface area (Å²) < 4.78 is 15.9. The predicted molar refractivity (Wildman–Crippen MR) is 120 cm³/mol. The molecule has 1 saturated heterocycles. The third-order valence-electron chi connectivity index (χ3n) is 6.11. The second-order valence-corrected chi connectivity index (χ2v) is 8.08. The van der Waals surface area contributed by atoms with Crippen molar-refractivity contribution < 1.29 is 28.6 Å². The normalized spacial score (nSPS) is 15.5. The molecule has 1 heterocycles. The lowest BCUT2D eigenvalue weighted by Crippen LogP contribution is -2.50. The Morgan fingerprint density at radius 3 is 2.27 bits per heavy atom. The number of rotatable bonds is 7. The molecule has 0 saturated carbocycles. The Balaban J connectivity index is 1.48. The fourth-order valence-electron chi connectivity index (χ4n) is 4.39. The van der Waals surface area contributed by atoms with E-state index in [2.05, 4.69) is 12.1 Å². The Morgan fingerprint density at radius 1 is 1.06 bits per heavy atom. The number of nitrogens with zero attached hydrogens (tertiary/aromatic N) is 2. The van der Waals surface area contributed by atoms with E-state index in [-0.39, 0.29) is 38.2 Å². The van der Waals surface area contributed by atoms with Gasteiger partial charge in [-0.3, -0.25) is 14.5 Å². The summed E-state index contributed by atoms with van der Waals surface area (Å²) in [6, 6.07) is 15.1. The molecule has 33 heavy (non-hydrogen) atoms. The quantitative estimate of drug-likeness (QED) is 0.601. The third-order valence-corrected chi connectivity index (χ3v) is 6.11. The number of ether oxygens (including phenoxy) is 3. The molecule has 174 valence electrons. The highest BCUT2D eigenvalue weighted by molar-refractivity contribution is 5.89. The van der Waals surface area contributed by atoms with Gasteiger partial charge in [-0.25, -0.2) is 4.79 Å². The fraction of sp³-hybridized carbons (Fsp3) is 0.400. The van der Waals surface area contributed by atoms with E-state index in [1.165, 1.54) is 16.8 Å². The Labute approximate surface area is 193 Å². The number of carbonyl (C=O) groups excluding carboxylic acids is 3. The maximum atomic E-state index is 13.0. The molecule has 0 spiro atoms. The van der Waals surface area contributed by atoms with Crippen LogP contribution in [-0.4, -0.2) is 74.0 Å². The molecule has 0 radical (unpaired) electrons. The average molecular weight is 453 g/mol. The topological polar surface area (TPSA) is 85.4 Å². The van der Waals surface area contributed by atoms with Gasteiger partial charge in [-0.1, -0.05) is 48.5 Å². The summed E-state index contributed by atoms with van der Waals surface area (Å²) in [5, 5.41) is 0. The van der Waals surface area contributed by atoms with Gasteiger partial charge in [0.2, 0.25) is 5.91 Å². The van der Waals surface area contributed by atoms with Crippen molar-refractivity contribution in [3.05, 3.63) is 59.7 Å². The molecular weight excluding hydrogens is 424 g/mol. The first-order valence-corrected chi connectivity index (χ1v) is 11.1. The van der Waals surface area contributed by atoms with Crippen LogP contribution in [0.2, 0.25) is 0 Å². The minimum atomic E-state index is -1.03. The van der Waals surface area contributed by atoms with Crippen LogP contribution in [0.4, 0.5) is 4.79 Å².